The van der Waals surface area contributed by atoms with Crippen molar-refractivity contribution in [1.29, 1.82) is 0 Å². The molecule has 5 amide bonds. The second-order valence-electron chi connectivity index (χ2n) is 9.42. The van der Waals surface area contributed by atoms with Crippen LogP contribution in [0.15, 0.2) is 9.98 Å². The molecule has 17 N–H and O–H groups in total. The lowest BCUT2D eigenvalue weighted by molar-refractivity contribution is -0.142. The van der Waals surface area contributed by atoms with Crippen LogP contribution in [0.2, 0.25) is 0 Å². The largest absolute Gasteiger partial charge is 0.480 e. The molecule has 0 aliphatic heterocycles. The summed E-state index contributed by atoms with van der Waals surface area (Å²) in [6, 6.07) is -4.95. The van der Waals surface area contributed by atoms with E-state index in [1.54, 1.807) is 0 Å². The van der Waals surface area contributed by atoms with Crippen molar-refractivity contribution in [3.63, 3.8) is 0 Å². The van der Waals surface area contributed by atoms with Gasteiger partial charge in [0.25, 0.3) is 0 Å². The number of nitrogens with two attached hydrogens (primary N) is 5. The third kappa shape index (κ3) is 17.6. The first-order valence-corrected chi connectivity index (χ1v) is 14.0. The number of carbonyl (C=O) groups excluding carboxylic acids is 5. The molecule has 20 nitrogen and oxygen atoms in total. The maximum Gasteiger partial charge on any atom is 0.326 e. The minimum Gasteiger partial charge on any atom is -0.480 e. The molecule has 0 aromatic heterocycles. The number of rotatable bonds is 21. The predicted octanol–water partition coefficient (Wildman–Crippen LogP) is -6.50. The number of aliphatic hydroxyl groups excluding tert-OH is 1. The molecule has 5 atom stereocenters. The molecule has 0 rings (SSSR count). The van der Waals surface area contributed by atoms with Crippen LogP contribution in [-0.4, -0.2) is 120 Å². The number of thiol groups is 1. The van der Waals surface area contributed by atoms with Gasteiger partial charge in [-0.15, -0.1) is 0 Å². The molecule has 0 spiro atoms. The molecule has 0 heterocycles. The smallest absolute Gasteiger partial charge is 0.326 e. The van der Waals surface area contributed by atoms with E-state index < -0.39 is 78.9 Å². The van der Waals surface area contributed by atoms with Crippen molar-refractivity contribution in [1.82, 2.24) is 26.6 Å². The van der Waals surface area contributed by atoms with Gasteiger partial charge in [0.1, 0.15) is 24.2 Å². The zero-order chi connectivity index (χ0) is 33.8. The van der Waals surface area contributed by atoms with Gasteiger partial charge in [-0.3, -0.25) is 34.0 Å². The maximum atomic E-state index is 12.7. The number of nitrogens with zero attached hydrogens (tertiary/aromatic N) is 2. The highest BCUT2D eigenvalue weighted by atomic mass is 32.1. The number of guanidine groups is 2. The molecule has 21 heteroatoms. The number of aliphatic hydroxyl groups is 1. The molecule has 0 radical (unpaired) electrons. The van der Waals surface area contributed by atoms with Crippen molar-refractivity contribution in [3.05, 3.63) is 0 Å². The zero-order valence-electron chi connectivity index (χ0n) is 24.3. The van der Waals surface area contributed by atoms with Crippen molar-refractivity contribution >= 4 is 60.1 Å². The lowest BCUT2D eigenvalue weighted by Crippen LogP contribution is -2.55. The van der Waals surface area contributed by atoms with E-state index in [0.29, 0.717) is 0 Å². The number of hydrogen-bond acceptors (Lipinski definition) is 11. The highest BCUT2D eigenvalue weighted by molar-refractivity contribution is 7.80. The Balaban J connectivity index is 4.92. The first-order valence-electron chi connectivity index (χ1n) is 13.4. The van der Waals surface area contributed by atoms with Crippen LogP contribution in [-0.2, 0) is 28.8 Å². The van der Waals surface area contributed by atoms with Gasteiger partial charge >= 0.3 is 5.97 Å². The van der Waals surface area contributed by atoms with E-state index >= 15 is 0 Å². The molecule has 0 unspecified atom stereocenters. The highest BCUT2D eigenvalue weighted by Crippen LogP contribution is 2.02. The molecule has 0 aromatic rings. The van der Waals surface area contributed by atoms with E-state index in [-0.39, 0.29) is 56.4 Å². The molecule has 0 aliphatic rings. The monoisotopic (exact) mass is 648 g/mol. The van der Waals surface area contributed by atoms with Gasteiger partial charge in [-0.2, -0.15) is 12.6 Å². The fraction of sp³-hybridized carbons (Fsp3) is 0.652. The van der Waals surface area contributed by atoms with E-state index in [1.165, 1.54) is 6.92 Å². The minimum absolute atomic E-state index is 0.0149. The first-order chi connectivity index (χ1) is 20.6. The van der Waals surface area contributed by atoms with Gasteiger partial charge in [0.2, 0.25) is 29.5 Å². The van der Waals surface area contributed by atoms with E-state index in [4.69, 9.17) is 28.7 Å². The Bertz CT molecular complexity index is 1050. The molecule has 44 heavy (non-hydrogen) atoms. The summed E-state index contributed by atoms with van der Waals surface area (Å²) in [5.74, 6) is -5.74. The van der Waals surface area contributed by atoms with Gasteiger partial charge in [0, 0.05) is 18.8 Å². The standard InChI is InChI=1S/C23H44N12O8S/c1-11(36)17(24)20(41)34-12(4-2-6-29-22(25)26)18(39)32-8-15(37)31-9-16(38)33-14(10-44)19(40)35-13(21(42)43)5-3-7-30-23(27)28/h11-14,17,36,44H,2-10,24H2,1H3,(H,31,37)(H,32,39)(H,33,38)(H,34,41)(H,35,40)(H,42,43)(H4,25,26,29)(H4,27,28,30)/t11-,12+,13+,14+,17+/m1/s1. The molecule has 0 aliphatic carbocycles. The molecule has 0 saturated heterocycles. The summed E-state index contributed by atoms with van der Waals surface area (Å²) in [5, 5.41) is 30.5. The number of aliphatic imine (C=N–C) groups is 2. The van der Waals surface area contributed by atoms with E-state index in [2.05, 4.69) is 49.2 Å². The van der Waals surface area contributed by atoms with Crippen molar-refractivity contribution in [3.8, 4) is 0 Å². The number of hydrogen-bond donors (Lipinski definition) is 13. The van der Waals surface area contributed by atoms with Crippen molar-refractivity contribution in [2.45, 2.75) is 62.9 Å². The summed E-state index contributed by atoms with van der Waals surface area (Å²) in [5.41, 5.74) is 26.6. The Morgan fingerprint density at radius 2 is 1.23 bits per heavy atom. The highest BCUT2D eigenvalue weighted by Gasteiger charge is 2.27. The second-order valence-corrected chi connectivity index (χ2v) is 9.79. The van der Waals surface area contributed by atoms with Crippen LogP contribution in [0.3, 0.4) is 0 Å². The van der Waals surface area contributed by atoms with Crippen LogP contribution in [0.1, 0.15) is 32.6 Å². The van der Waals surface area contributed by atoms with Gasteiger partial charge in [-0.1, -0.05) is 0 Å². The molecule has 250 valence electrons. The Morgan fingerprint density at radius 3 is 1.70 bits per heavy atom. The summed E-state index contributed by atoms with van der Waals surface area (Å²) < 4.78 is 0. The average molecular weight is 649 g/mol. The van der Waals surface area contributed by atoms with Crippen molar-refractivity contribution in [2.75, 3.05) is 31.9 Å². The topological polar surface area (TPSA) is 358 Å². The third-order valence-electron chi connectivity index (χ3n) is 5.66. The Labute approximate surface area is 259 Å². The van der Waals surface area contributed by atoms with Crippen LogP contribution in [0, 0.1) is 0 Å². The minimum atomic E-state index is -1.31. The van der Waals surface area contributed by atoms with E-state index in [1.807, 2.05) is 0 Å². The van der Waals surface area contributed by atoms with Gasteiger partial charge in [0.05, 0.1) is 19.2 Å². The summed E-state index contributed by atoms with van der Waals surface area (Å²) in [6.07, 6.45) is -0.572. The molecule has 0 saturated carbocycles. The van der Waals surface area contributed by atoms with Crippen LogP contribution < -0.4 is 55.3 Å². The lowest BCUT2D eigenvalue weighted by Gasteiger charge is -2.21. The molecule has 0 aromatic carbocycles. The lowest BCUT2D eigenvalue weighted by atomic mass is 10.1. The summed E-state index contributed by atoms with van der Waals surface area (Å²) in [6.45, 7) is 0.443. The average Bonchev–Trinajstić information content (AvgIpc) is 2.95. The van der Waals surface area contributed by atoms with Gasteiger partial charge in [0.15, 0.2) is 11.9 Å². The number of aliphatic carboxylic acids is 1. The van der Waals surface area contributed by atoms with Crippen LogP contribution in [0.25, 0.3) is 0 Å². The first kappa shape index (κ1) is 39.6. The van der Waals surface area contributed by atoms with E-state index in [9.17, 15) is 39.0 Å². The SMILES string of the molecule is C[C@@H](O)[C@H](N)C(=O)N[C@@H](CCCN=C(N)N)C(=O)NCC(=O)NCC(=O)N[C@@H](CS)C(=O)N[C@@H](CCCN=C(N)N)C(=O)O. The molecule has 0 fully saturated rings. The van der Waals surface area contributed by atoms with Gasteiger partial charge < -0.3 is 65.5 Å². The second kappa shape index (κ2) is 21.3. The number of carboxylic acids is 1. The number of nitrogens with one attached hydrogen (secondary N) is 5. The van der Waals surface area contributed by atoms with E-state index in [0.717, 1.165) is 0 Å². The van der Waals surface area contributed by atoms with Crippen molar-refractivity contribution in [2.24, 2.45) is 38.7 Å². The normalized spacial score (nSPS) is 13.9. The summed E-state index contributed by atoms with van der Waals surface area (Å²) in [4.78, 5) is 81.0. The zero-order valence-corrected chi connectivity index (χ0v) is 25.2. The van der Waals surface area contributed by atoms with Crippen molar-refractivity contribution < 1.29 is 39.0 Å². The Kier molecular flexibility index (Phi) is 19.2. The number of carbonyl (C=O) groups is 6. The summed E-state index contributed by atoms with van der Waals surface area (Å²) >= 11 is 4.01. The van der Waals surface area contributed by atoms with Gasteiger partial charge in [-0.25, -0.2) is 4.79 Å². The number of carboxylic acid groups (broad SMARTS) is 1. The fourth-order valence-corrected chi connectivity index (χ4v) is 3.52. The van der Waals surface area contributed by atoms with Gasteiger partial charge in [-0.05, 0) is 32.6 Å². The van der Waals surface area contributed by atoms with Crippen LogP contribution in [0.5, 0.6) is 0 Å². The van der Waals surface area contributed by atoms with Crippen LogP contribution in [0.4, 0.5) is 0 Å². The number of amides is 5. The Morgan fingerprint density at radius 1 is 0.727 bits per heavy atom. The molecule has 0 bridgehead atoms. The third-order valence-corrected chi connectivity index (χ3v) is 6.03. The fourth-order valence-electron chi connectivity index (χ4n) is 3.26. The quantitative estimate of drug-likeness (QED) is 0.0238. The Hall–Kier alpha value is -4.37. The predicted molar refractivity (Wildman–Crippen MR) is 163 cm³/mol. The van der Waals surface area contributed by atoms with Crippen LogP contribution >= 0.6 is 12.6 Å². The maximum absolute atomic E-state index is 12.7. The molecular weight excluding hydrogens is 604 g/mol. The molecular formula is C23H44N12O8S. The summed E-state index contributed by atoms with van der Waals surface area (Å²) in [7, 11) is 0.